The maximum absolute atomic E-state index is 13.1. The molecule has 0 aromatic heterocycles. The molecule has 7 nitrogen and oxygen atoms in total. The highest BCUT2D eigenvalue weighted by Crippen LogP contribution is 2.38. The van der Waals surface area contributed by atoms with Gasteiger partial charge in [0.1, 0.15) is 12.2 Å². The van der Waals surface area contributed by atoms with Gasteiger partial charge in [-0.2, -0.15) is 0 Å². The van der Waals surface area contributed by atoms with Gasteiger partial charge in [-0.3, -0.25) is 14.9 Å². The second-order valence-electron chi connectivity index (χ2n) is 7.74. The molecule has 0 unspecified atom stereocenters. The summed E-state index contributed by atoms with van der Waals surface area (Å²) in [4.78, 5) is 38.9. The SMILES string of the molecule is COc1cc(/C=C2\C(=O)NC(=O)N(c3ccc(C)cc3)C2=O)cc(Cl)c1OCc1ccc(I)cc1. The number of carbonyl (C=O) groups is 3. The van der Waals surface area contributed by atoms with Gasteiger partial charge in [0.05, 0.1) is 17.8 Å². The van der Waals surface area contributed by atoms with Gasteiger partial charge in [-0.1, -0.05) is 41.4 Å². The zero-order valence-electron chi connectivity index (χ0n) is 18.8. The number of ether oxygens (including phenoxy) is 2. The van der Waals surface area contributed by atoms with Gasteiger partial charge in [0, 0.05) is 3.57 Å². The number of carbonyl (C=O) groups excluding carboxylic acids is 3. The van der Waals surface area contributed by atoms with Crippen molar-refractivity contribution in [2.24, 2.45) is 0 Å². The molecule has 1 heterocycles. The molecule has 3 aromatic carbocycles. The predicted molar refractivity (Wildman–Crippen MR) is 142 cm³/mol. The normalized spacial score (nSPS) is 14.8. The maximum atomic E-state index is 13.1. The molecule has 1 aliphatic heterocycles. The van der Waals surface area contributed by atoms with E-state index in [1.54, 1.807) is 36.4 Å². The number of urea groups is 1. The number of rotatable bonds is 6. The Morgan fingerprint density at radius 1 is 1.03 bits per heavy atom. The van der Waals surface area contributed by atoms with Crippen molar-refractivity contribution in [1.82, 2.24) is 5.32 Å². The molecule has 9 heteroatoms. The molecule has 4 rings (SSSR count). The Morgan fingerprint density at radius 2 is 1.71 bits per heavy atom. The minimum Gasteiger partial charge on any atom is -0.493 e. The van der Waals surface area contributed by atoms with Gasteiger partial charge in [-0.15, -0.1) is 0 Å². The van der Waals surface area contributed by atoms with Crippen molar-refractivity contribution in [1.29, 1.82) is 0 Å². The summed E-state index contributed by atoms with van der Waals surface area (Å²) in [6.45, 7) is 2.17. The minimum atomic E-state index is -0.809. The highest BCUT2D eigenvalue weighted by atomic mass is 127. The number of aryl methyl sites for hydroxylation is 1. The fourth-order valence-corrected chi connectivity index (χ4v) is 4.09. The Kier molecular flexibility index (Phi) is 7.42. The van der Waals surface area contributed by atoms with Gasteiger partial charge in [0.25, 0.3) is 11.8 Å². The van der Waals surface area contributed by atoms with Crippen LogP contribution < -0.4 is 19.7 Å². The summed E-state index contributed by atoms with van der Waals surface area (Å²) < 4.78 is 12.5. The molecule has 1 fully saturated rings. The fourth-order valence-electron chi connectivity index (χ4n) is 3.45. The largest absolute Gasteiger partial charge is 0.493 e. The van der Waals surface area contributed by atoms with Crippen LogP contribution in [-0.2, 0) is 16.2 Å². The second-order valence-corrected chi connectivity index (χ2v) is 9.40. The van der Waals surface area contributed by atoms with Crippen molar-refractivity contribution in [3.8, 4) is 11.5 Å². The fraction of sp³-hybridized carbons (Fsp3) is 0.115. The van der Waals surface area contributed by atoms with E-state index < -0.39 is 17.8 Å². The summed E-state index contributed by atoms with van der Waals surface area (Å²) in [7, 11) is 1.47. The predicted octanol–water partition coefficient (Wildman–Crippen LogP) is 5.51. The molecule has 0 radical (unpaired) electrons. The Labute approximate surface area is 220 Å². The third-order valence-electron chi connectivity index (χ3n) is 5.25. The molecule has 0 aliphatic carbocycles. The molecule has 0 spiro atoms. The van der Waals surface area contributed by atoms with E-state index in [1.165, 1.54) is 13.2 Å². The highest BCUT2D eigenvalue weighted by Gasteiger charge is 2.36. The third kappa shape index (κ3) is 5.49. The molecule has 1 aliphatic rings. The van der Waals surface area contributed by atoms with Crippen LogP contribution in [0.25, 0.3) is 6.08 Å². The summed E-state index contributed by atoms with van der Waals surface area (Å²) >= 11 is 8.70. The van der Waals surface area contributed by atoms with Gasteiger partial charge in [-0.25, -0.2) is 9.69 Å². The molecule has 0 bridgehead atoms. The van der Waals surface area contributed by atoms with Crippen molar-refractivity contribution < 1.29 is 23.9 Å². The van der Waals surface area contributed by atoms with Crippen LogP contribution >= 0.6 is 34.2 Å². The van der Waals surface area contributed by atoms with E-state index in [2.05, 4.69) is 27.9 Å². The standard InChI is InChI=1S/C26H20ClIN2O5/c1-15-3-9-19(10-4-15)30-25(32)20(24(31)29-26(30)33)11-17-12-21(27)23(22(13-17)34-2)35-14-16-5-7-18(28)8-6-16/h3-13H,14H2,1-2H3,(H,29,31,33)/b20-11+. The molecule has 1 saturated heterocycles. The first-order chi connectivity index (χ1) is 16.8. The molecule has 3 aromatic rings. The van der Waals surface area contributed by atoms with Crippen LogP contribution in [-0.4, -0.2) is 25.0 Å². The molecule has 4 amide bonds. The number of nitrogens with zero attached hydrogens (tertiary/aromatic N) is 1. The lowest BCUT2D eigenvalue weighted by Gasteiger charge is -2.26. The van der Waals surface area contributed by atoms with Crippen LogP contribution in [0.1, 0.15) is 16.7 Å². The number of barbiturate groups is 1. The Hall–Kier alpha value is -3.37. The molecular weight excluding hydrogens is 583 g/mol. The lowest BCUT2D eigenvalue weighted by molar-refractivity contribution is -0.122. The van der Waals surface area contributed by atoms with Crippen LogP contribution in [0.4, 0.5) is 10.5 Å². The van der Waals surface area contributed by atoms with E-state index in [9.17, 15) is 14.4 Å². The molecule has 0 atom stereocenters. The molecule has 178 valence electrons. The Bertz CT molecular complexity index is 1340. The summed E-state index contributed by atoms with van der Waals surface area (Å²) in [6.07, 6.45) is 1.36. The van der Waals surface area contributed by atoms with Crippen molar-refractivity contribution in [3.63, 3.8) is 0 Å². The molecule has 0 saturated carbocycles. The Morgan fingerprint density at radius 3 is 2.37 bits per heavy atom. The monoisotopic (exact) mass is 602 g/mol. The summed E-state index contributed by atoms with van der Waals surface area (Å²) in [6, 6.07) is 17.0. The lowest BCUT2D eigenvalue weighted by Crippen LogP contribution is -2.54. The van der Waals surface area contributed by atoms with Crippen LogP contribution in [0.5, 0.6) is 11.5 Å². The van der Waals surface area contributed by atoms with Crippen molar-refractivity contribution >= 4 is 63.8 Å². The maximum Gasteiger partial charge on any atom is 0.335 e. The number of methoxy groups -OCH3 is 1. The number of hydrogen-bond donors (Lipinski definition) is 1. The minimum absolute atomic E-state index is 0.212. The van der Waals surface area contributed by atoms with E-state index in [-0.39, 0.29) is 17.2 Å². The van der Waals surface area contributed by atoms with Crippen LogP contribution in [0.3, 0.4) is 0 Å². The van der Waals surface area contributed by atoms with E-state index in [0.29, 0.717) is 22.7 Å². The molecule has 35 heavy (non-hydrogen) atoms. The number of imide groups is 2. The highest BCUT2D eigenvalue weighted by molar-refractivity contribution is 14.1. The smallest absolute Gasteiger partial charge is 0.335 e. The first-order valence-corrected chi connectivity index (χ1v) is 12.0. The number of halogens is 2. The summed E-state index contributed by atoms with van der Waals surface area (Å²) in [5.74, 6) is -0.857. The zero-order valence-corrected chi connectivity index (χ0v) is 21.7. The second kappa shape index (κ2) is 10.5. The van der Waals surface area contributed by atoms with Gasteiger partial charge in [0.2, 0.25) is 0 Å². The number of hydrogen-bond acceptors (Lipinski definition) is 5. The van der Waals surface area contributed by atoms with Gasteiger partial charge < -0.3 is 9.47 Å². The van der Waals surface area contributed by atoms with Crippen molar-refractivity contribution in [3.05, 3.63) is 91.5 Å². The van der Waals surface area contributed by atoms with E-state index in [1.807, 2.05) is 31.2 Å². The number of nitrogens with one attached hydrogen (secondary N) is 1. The number of anilines is 1. The van der Waals surface area contributed by atoms with Crippen LogP contribution in [0, 0.1) is 10.5 Å². The number of benzene rings is 3. The third-order valence-corrected chi connectivity index (χ3v) is 6.25. The van der Waals surface area contributed by atoms with E-state index >= 15 is 0 Å². The average molecular weight is 603 g/mol. The average Bonchev–Trinajstić information content (AvgIpc) is 2.83. The Balaban J connectivity index is 1.63. The summed E-state index contributed by atoms with van der Waals surface area (Å²) in [5.41, 5.74) is 2.50. The van der Waals surface area contributed by atoms with Gasteiger partial charge in [0.15, 0.2) is 11.5 Å². The van der Waals surface area contributed by atoms with Gasteiger partial charge in [-0.05, 0) is 83.1 Å². The van der Waals surface area contributed by atoms with Crippen LogP contribution in [0.15, 0.2) is 66.2 Å². The first-order valence-electron chi connectivity index (χ1n) is 10.5. The van der Waals surface area contributed by atoms with Crippen LogP contribution in [0.2, 0.25) is 5.02 Å². The van der Waals surface area contributed by atoms with Gasteiger partial charge >= 0.3 is 6.03 Å². The van der Waals surface area contributed by atoms with E-state index in [0.717, 1.165) is 19.6 Å². The van der Waals surface area contributed by atoms with E-state index in [4.69, 9.17) is 21.1 Å². The zero-order chi connectivity index (χ0) is 25.1. The number of amides is 4. The van der Waals surface area contributed by atoms with Crippen molar-refractivity contribution in [2.75, 3.05) is 12.0 Å². The quantitative estimate of drug-likeness (QED) is 0.229. The molecular formula is C26H20ClIN2O5. The topological polar surface area (TPSA) is 84.9 Å². The first kappa shape index (κ1) is 24.7. The summed E-state index contributed by atoms with van der Waals surface area (Å²) in [5, 5.41) is 2.46. The lowest BCUT2D eigenvalue weighted by atomic mass is 10.1. The molecule has 1 N–H and O–H groups in total. The van der Waals surface area contributed by atoms with Crippen molar-refractivity contribution in [2.45, 2.75) is 13.5 Å².